The van der Waals surface area contributed by atoms with E-state index in [1.54, 1.807) is 18.5 Å². The third-order valence-corrected chi connectivity index (χ3v) is 7.70. The molecule has 1 aliphatic rings. The van der Waals surface area contributed by atoms with Crippen molar-refractivity contribution >= 4 is 44.8 Å². The zero-order valence-corrected chi connectivity index (χ0v) is 23.5. The molecule has 3 aromatic heterocycles. The summed E-state index contributed by atoms with van der Waals surface area (Å²) < 4.78 is 29.0. The molecule has 210 valence electrons. The number of hydrogen-bond acceptors (Lipinski definition) is 7. The highest BCUT2D eigenvalue weighted by molar-refractivity contribution is 6.35. The Labute approximate surface area is 239 Å². The van der Waals surface area contributed by atoms with Gasteiger partial charge in [0, 0.05) is 29.2 Å². The summed E-state index contributed by atoms with van der Waals surface area (Å²) in [5.41, 5.74) is 3.00. The Morgan fingerprint density at radius 2 is 2.00 bits per heavy atom. The predicted molar refractivity (Wildman–Crippen MR) is 154 cm³/mol. The second kappa shape index (κ2) is 9.96. The van der Waals surface area contributed by atoms with Crippen molar-refractivity contribution in [3.63, 3.8) is 0 Å². The van der Waals surface area contributed by atoms with Crippen molar-refractivity contribution < 1.29 is 8.78 Å². The third kappa shape index (κ3) is 4.93. The number of rotatable bonds is 8. The van der Waals surface area contributed by atoms with Crippen molar-refractivity contribution in [3.05, 3.63) is 70.8 Å². The van der Waals surface area contributed by atoms with Gasteiger partial charge in [-0.2, -0.15) is 10.4 Å². The van der Waals surface area contributed by atoms with Crippen molar-refractivity contribution in [2.45, 2.75) is 51.6 Å². The first kappa shape index (κ1) is 26.9. The zero-order valence-electron chi connectivity index (χ0n) is 22.7. The molecule has 1 unspecified atom stereocenters. The molecule has 1 atom stereocenters. The highest BCUT2D eigenvalue weighted by Crippen LogP contribution is 2.48. The van der Waals surface area contributed by atoms with Gasteiger partial charge in [0.1, 0.15) is 17.3 Å². The average molecular weight is 576 g/mol. The van der Waals surface area contributed by atoms with Gasteiger partial charge in [-0.1, -0.05) is 49.7 Å². The maximum atomic E-state index is 13.9. The monoisotopic (exact) mass is 575 g/mol. The lowest BCUT2D eigenvalue weighted by atomic mass is 9.96. The van der Waals surface area contributed by atoms with E-state index >= 15 is 0 Å². The van der Waals surface area contributed by atoms with E-state index in [9.17, 15) is 14.0 Å². The number of nitrogens with one attached hydrogen (secondary N) is 3. The number of fused-ring (bicyclic) bond motifs is 2. The summed E-state index contributed by atoms with van der Waals surface area (Å²) in [6, 6.07) is 11.0. The van der Waals surface area contributed by atoms with Gasteiger partial charge < -0.3 is 10.6 Å². The van der Waals surface area contributed by atoms with E-state index in [1.165, 1.54) is 10.9 Å². The van der Waals surface area contributed by atoms with Gasteiger partial charge in [0.05, 0.1) is 45.7 Å². The Bertz CT molecular complexity index is 1790. The molecule has 0 saturated heterocycles. The quantitative estimate of drug-likeness (QED) is 0.190. The van der Waals surface area contributed by atoms with E-state index in [0.29, 0.717) is 57.9 Å². The van der Waals surface area contributed by atoms with Gasteiger partial charge in [-0.15, -0.1) is 5.10 Å². The Balaban J connectivity index is 1.47. The number of nitriles is 1. The van der Waals surface area contributed by atoms with Gasteiger partial charge in [-0.05, 0) is 42.0 Å². The number of alkyl halides is 2. The van der Waals surface area contributed by atoms with E-state index in [0.717, 1.165) is 16.5 Å². The van der Waals surface area contributed by atoms with Crippen LogP contribution in [0.4, 0.5) is 20.2 Å². The van der Waals surface area contributed by atoms with E-state index < -0.39 is 18.0 Å². The van der Waals surface area contributed by atoms with Crippen LogP contribution in [0.1, 0.15) is 56.5 Å². The topological polar surface area (TPSA) is 120 Å². The fraction of sp³-hybridized carbons (Fsp3) is 0.345. The van der Waals surface area contributed by atoms with Crippen molar-refractivity contribution in [2.75, 3.05) is 17.2 Å². The van der Waals surface area contributed by atoms with Gasteiger partial charge in [-0.25, -0.2) is 13.5 Å². The summed E-state index contributed by atoms with van der Waals surface area (Å²) in [6.07, 6.45) is 2.98. The summed E-state index contributed by atoms with van der Waals surface area (Å²) in [7, 11) is 0. The van der Waals surface area contributed by atoms with Crippen LogP contribution in [0.15, 0.2) is 48.9 Å². The van der Waals surface area contributed by atoms with Crippen LogP contribution in [-0.2, 0) is 5.54 Å². The Hall–Kier alpha value is -4.30. The number of aromatic nitrogens is 6. The first-order valence-corrected chi connectivity index (χ1v) is 13.6. The van der Waals surface area contributed by atoms with Crippen LogP contribution < -0.4 is 10.6 Å². The molecule has 2 aromatic carbocycles. The predicted octanol–water partition coefficient (Wildman–Crippen LogP) is 6.64. The lowest BCUT2D eigenvalue weighted by Gasteiger charge is -2.22. The van der Waals surface area contributed by atoms with E-state index in [1.807, 2.05) is 24.3 Å². The molecule has 5 aromatic rings. The Morgan fingerprint density at radius 3 is 2.71 bits per heavy atom. The average Bonchev–Trinajstić information content (AvgIpc) is 3.35. The van der Waals surface area contributed by atoms with Gasteiger partial charge >= 0.3 is 0 Å². The highest BCUT2D eigenvalue weighted by atomic mass is 35.5. The fourth-order valence-electron chi connectivity index (χ4n) is 4.99. The molecule has 1 aliphatic carbocycles. The minimum absolute atomic E-state index is 0.0423. The number of pyridine rings is 1. The first-order chi connectivity index (χ1) is 19.6. The van der Waals surface area contributed by atoms with Crippen LogP contribution in [-0.4, -0.2) is 43.1 Å². The third-order valence-electron chi connectivity index (χ3n) is 7.41. The molecule has 1 saturated carbocycles. The van der Waals surface area contributed by atoms with Crippen LogP contribution in [0.3, 0.4) is 0 Å². The molecule has 0 spiro atoms. The first-order valence-electron chi connectivity index (χ1n) is 13.3. The Kier molecular flexibility index (Phi) is 6.53. The lowest BCUT2D eigenvalue weighted by molar-refractivity contribution is 0.0593. The number of benzene rings is 2. The SMILES string of the molecule is CC(C)(C)CNc1c(C#N)cnc2c(Cl)cc(NC(c3cn(C4(C(F)F)CC4)nn3)c3cccc4[nH]ncc34)cc12. The van der Waals surface area contributed by atoms with Crippen LogP contribution >= 0.6 is 11.6 Å². The number of halogens is 3. The summed E-state index contributed by atoms with van der Waals surface area (Å²) >= 11 is 6.74. The maximum Gasteiger partial charge on any atom is 0.263 e. The summed E-state index contributed by atoms with van der Waals surface area (Å²) in [5, 5.41) is 34.3. The van der Waals surface area contributed by atoms with Gasteiger partial charge in [0.2, 0.25) is 0 Å². The molecule has 41 heavy (non-hydrogen) atoms. The molecular weight excluding hydrogens is 548 g/mol. The molecule has 0 amide bonds. The zero-order chi connectivity index (χ0) is 28.9. The second-order valence-corrected chi connectivity index (χ2v) is 12.1. The number of H-pyrrole nitrogens is 1. The molecular formula is C29H28ClF2N9. The Morgan fingerprint density at radius 1 is 1.20 bits per heavy atom. The van der Waals surface area contributed by atoms with Crippen LogP contribution in [0.5, 0.6) is 0 Å². The van der Waals surface area contributed by atoms with E-state index in [4.69, 9.17) is 11.6 Å². The fourth-order valence-corrected chi connectivity index (χ4v) is 5.26. The molecule has 0 radical (unpaired) electrons. The normalized spacial score (nSPS) is 15.3. The molecule has 12 heteroatoms. The summed E-state index contributed by atoms with van der Waals surface area (Å²) in [5.74, 6) is 0. The number of anilines is 2. The minimum atomic E-state index is -2.54. The number of nitrogens with zero attached hydrogens (tertiary/aromatic N) is 6. The number of hydrogen-bond donors (Lipinski definition) is 3. The molecule has 0 bridgehead atoms. The van der Waals surface area contributed by atoms with Crippen molar-refractivity contribution in [1.29, 1.82) is 5.26 Å². The van der Waals surface area contributed by atoms with Crippen LogP contribution in [0.2, 0.25) is 5.02 Å². The van der Waals surface area contributed by atoms with Crippen molar-refractivity contribution in [2.24, 2.45) is 5.41 Å². The molecule has 3 heterocycles. The van der Waals surface area contributed by atoms with E-state index in [-0.39, 0.29) is 5.41 Å². The van der Waals surface area contributed by atoms with Crippen molar-refractivity contribution in [3.8, 4) is 6.07 Å². The molecule has 9 nitrogen and oxygen atoms in total. The van der Waals surface area contributed by atoms with Gasteiger partial charge in [0.25, 0.3) is 6.43 Å². The second-order valence-electron chi connectivity index (χ2n) is 11.7. The van der Waals surface area contributed by atoms with Gasteiger partial charge in [-0.3, -0.25) is 10.1 Å². The summed E-state index contributed by atoms with van der Waals surface area (Å²) in [4.78, 5) is 4.45. The summed E-state index contributed by atoms with van der Waals surface area (Å²) in [6.45, 7) is 6.92. The standard InChI is InChI=1S/C29H28ClF2N9/c1-28(2,3)15-35-24-16(11-33)12-34-25-19(24)9-17(10-21(25)30)37-26(18-5-4-6-22-20(18)13-36-38-22)23-14-41(40-39-23)29(7-8-29)27(31)32/h4-6,9-10,12-14,26-27,37H,7-8,15H2,1-3H3,(H,34,35)(H,36,38). The minimum Gasteiger partial charge on any atom is -0.383 e. The highest BCUT2D eigenvalue weighted by Gasteiger charge is 2.54. The molecule has 1 fully saturated rings. The van der Waals surface area contributed by atoms with E-state index in [2.05, 4.69) is 63.0 Å². The van der Waals surface area contributed by atoms with Gasteiger partial charge in [0.15, 0.2) is 0 Å². The molecule has 0 aliphatic heterocycles. The molecule has 3 N–H and O–H groups in total. The van der Waals surface area contributed by atoms with Crippen LogP contribution in [0, 0.1) is 16.7 Å². The smallest absolute Gasteiger partial charge is 0.263 e. The largest absolute Gasteiger partial charge is 0.383 e. The maximum absolute atomic E-state index is 13.9. The lowest BCUT2D eigenvalue weighted by Crippen LogP contribution is -2.26. The van der Waals surface area contributed by atoms with Crippen LogP contribution in [0.25, 0.3) is 21.8 Å². The number of aromatic amines is 1. The van der Waals surface area contributed by atoms with Crippen molar-refractivity contribution in [1.82, 2.24) is 30.2 Å². The molecule has 6 rings (SSSR count).